The standard InChI is InChI=1S/C21H19FN4O5S/c22-13-9-17(32(23,29)30)14(7-11-5-6-21(10-11)19(27)25-20(28)26-21)24-18(13)16-8-12-3-1-2-4-15(12)31-16/h1-4,8-9,11H,5-7,10H2,(H2,23,29,30)(H2,25,26,27,28). The fraction of sp³-hybridized carbons (Fsp3) is 0.286. The lowest BCUT2D eigenvalue weighted by Gasteiger charge is -2.20. The van der Waals surface area contributed by atoms with Crippen molar-refractivity contribution < 1.29 is 26.8 Å². The Balaban J connectivity index is 1.53. The average molecular weight is 458 g/mol. The normalized spacial score (nSPS) is 23.1. The number of hydrogen-bond acceptors (Lipinski definition) is 6. The van der Waals surface area contributed by atoms with Gasteiger partial charge in [0.25, 0.3) is 5.91 Å². The Morgan fingerprint density at radius 2 is 2.03 bits per heavy atom. The maximum atomic E-state index is 14.9. The number of para-hydroxylation sites is 1. The zero-order valence-electron chi connectivity index (χ0n) is 16.7. The van der Waals surface area contributed by atoms with Crippen molar-refractivity contribution >= 4 is 32.9 Å². The molecule has 2 aromatic heterocycles. The first-order chi connectivity index (χ1) is 15.1. The van der Waals surface area contributed by atoms with Crippen LogP contribution in [-0.4, -0.2) is 30.9 Å². The molecule has 4 N–H and O–H groups in total. The Kier molecular flexibility index (Phi) is 4.57. The number of carbonyl (C=O) groups is 2. The van der Waals surface area contributed by atoms with Gasteiger partial charge in [-0.1, -0.05) is 18.2 Å². The Morgan fingerprint density at radius 3 is 2.72 bits per heavy atom. The van der Waals surface area contributed by atoms with Gasteiger partial charge in [-0.25, -0.2) is 27.7 Å². The monoisotopic (exact) mass is 458 g/mol. The predicted molar refractivity (Wildman–Crippen MR) is 111 cm³/mol. The van der Waals surface area contributed by atoms with Gasteiger partial charge in [0.2, 0.25) is 10.0 Å². The number of nitrogens with one attached hydrogen (secondary N) is 2. The van der Waals surface area contributed by atoms with Crippen LogP contribution in [0, 0.1) is 11.7 Å². The minimum Gasteiger partial charge on any atom is -0.454 e. The molecular weight excluding hydrogens is 439 g/mol. The van der Waals surface area contributed by atoms with E-state index in [1.165, 1.54) is 0 Å². The third kappa shape index (κ3) is 3.43. The molecule has 2 fully saturated rings. The summed E-state index contributed by atoms with van der Waals surface area (Å²) >= 11 is 0. The van der Waals surface area contributed by atoms with Crippen LogP contribution in [0.5, 0.6) is 0 Å². The van der Waals surface area contributed by atoms with Gasteiger partial charge in [0, 0.05) is 5.39 Å². The number of sulfonamides is 1. The SMILES string of the molecule is NS(=O)(=O)c1cc(F)c(-c2cc3ccccc3o2)nc1CC1CCC2(C1)NC(=O)NC2=O. The number of rotatable bonds is 4. The molecule has 166 valence electrons. The average Bonchev–Trinajstić information content (AvgIpc) is 3.39. The Morgan fingerprint density at radius 1 is 1.25 bits per heavy atom. The number of aromatic nitrogens is 1. The minimum atomic E-state index is -4.25. The summed E-state index contributed by atoms with van der Waals surface area (Å²) in [6, 6.07) is 9.07. The van der Waals surface area contributed by atoms with E-state index in [0.717, 1.165) is 11.5 Å². The van der Waals surface area contributed by atoms with E-state index in [1.807, 2.05) is 6.07 Å². The number of hydrogen-bond donors (Lipinski definition) is 3. The molecule has 3 heterocycles. The van der Waals surface area contributed by atoms with Crippen LogP contribution >= 0.6 is 0 Å². The molecule has 3 amide bonds. The molecule has 1 saturated heterocycles. The maximum absolute atomic E-state index is 14.9. The van der Waals surface area contributed by atoms with Crippen molar-refractivity contribution in [1.29, 1.82) is 0 Å². The second-order valence-electron chi connectivity index (χ2n) is 8.26. The summed E-state index contributed by atoms with van der Waals surface area (Å²) in [5, 5.41) is 11.0. The predicted octanol–water partition coefficient (Wildman–Crippen LogP) is 2.20. The largest absolute Gasteiger partial charge is 0.454 e. The van der Waals surface area contributed by atoms with Gasteiger partial charge < -0.3 is 9.73 Å². The molecule has 1 saturated carbocycles. The van der Waals surface area contributed by atoms with Crippen LogP contribution in [0.25, 0.3) is 22.4 Å². The van der Waals surface area contributed by atoms with Crippen molar-refractivity contribution in [2.24, 2.45) is 11.1 Å². The molecule has 2 aliphatic rings. The first-order valence-corrected chi connectivity index (χ1v) is 11.5. The Bertz CT molecular complexity index is 1350. The van der Waals surface area contributed by atoms with Crippen molar-refractivity contribution in [2.45, 2.75) is 36.1 Å². The number of furan rings is 1. The van der Waals surface area contributed by atoms with Crippen LogP contribution in [0.1, 0.15) is 25.0 Å². The van der Waals surface area contributed by atoms with E-state index in [0.29, 0.717) is 24.8 Å². The summed E-state index contributed by atoms with van der Waals surface area (Å²) in [6.45, 7) is 0. The molecule has 1 aliphatic carbocycles. The number of benzene rings is 1. The molecule has 1 aliphatic heterocycles. The first kappa shape index (κ1) is 20.6. The van der Waals surface area contributed by atoms with Gasteiger partial charge in [-0.3, -0.25) is 10.1 Å². The van der Waals surface area contributed by atoms with Gasteiger partial charge in [0.15, 0.2) is 11.6 Å². The van der Waals surface area contributed by atoms with Gasteiger partial charge in [0.05, 0.1) is 5.69 Å². The van der Waals surface area contributed by atoms with Crippen molar-refractivity contribution in [1.82, 2.24) is 15.6 Å². The number of primary sulfonamides is 1. The lowest BCUT2D eigenvalue weighted by atomic mass is 9.94. The number of halogens is 1. The summed E-state index contributed by atoms with van der Waals surface area (Å²) < 4.78 is 44.9. The molecule has 5 rings (SSSR count). The molecule has 0 radical (unpaired) electrons. The number of amides is 3. The molecule has 3 aromatic rings. The van der Waals surface area contributed by atoms with E-state index in [4.69, 9.17) is 9.56 Å². The minimum absolute atomic E-state index is 0.0936. The van der Waals surface area contributed by atoms with Crippen LogP contribution in [0.4, 0.5) is 9.18 Å². The lowest BCUT2D eigenvalue weighted by molar-refractivity contribution is -0.123. The highest BCUT2D eigenvalue weighted by atomic mass is 32.2. The van der Waals surface area contributed by atoms with Gasteiger partial charge in [-0.15, -0.1) is 0 Å². The second-order valence-corrected chi connectivity index (χ2v) is 9.79. The highest BCUT2D eigenvalue weighted by Crippen LogP contribution is 2.39. The van der Waals surface area contributed by atoms with Gasteiger partial charge in [-0.2, -0.15) is 0 Å². The van der Waals surface area contributed by atoms with E-state index in [9.17, 15) is 22.4 Å². The van der Waals surface area contributed by atoms with Gasteiger partial charge >= 0.3 is 6.03 Å². The summed E-state index contributed by atoms with van der Waals surface area (Å²) in [5.74, 6) is -1.27. The molecule has 32 heavy (non-hydrogen) atoms. The third-order valence-corrected chi connectivity index (χ3v) is 7.06. The number of carbonyl (C=O) groups excluding carboxylic acids is 2. The summed E-state index contributed by atoms with van der Waals surface area (Å²) in [7, 11) is -4.25. The highest BCUT2D eigenvalue weighted by molar-refractivity contribution is 7.89. The zero-order valence-corrected chi connectivity index (χ0v) is 17.5. The molecule has 11 heteroatoms. The van der Waals surface area contributed by atoms with Crippen LogP contribution in [0.2, 0.25) is 0 Å². The fourth-order valence-electron chi connectivity index (χ4n) is 4.62. The van der Waals surface area contributed by atoms with Crippen LogP contribution in [0.15, 0.2) is 45.7 Å². The van der Waals surface area contributed by atoms with E-state index in [-0.39, 0.29) is 29.5 Å². The fourth-order valence-corrected chi connectivity index (χ4v) is 5.34. The molecule has 2 atom stereocenters. The number of urea groups is 1. The van der Waals surface area contributed by atoms with E-state index < -0.39 is 38.2 Å². The zero-order chi connectivity index (χ0) is 22.7. The quantitative estimate of drug-likeness (QED) is 0.511. The van der Waals surface area contributed by atoms with E-state index in [1.54, 1.807) is 24.3 Å². The highest BCUT2D eigenvalue weighted by Gasteiger charge is 2.51. The van der Waals surface area contributed by atoms with Crippen LogP contribution in [0.3, 0.4) is 0 Å². The molecule has 1 spiro atoms. The van der Waals surface area contributed by atoms with Crippen molar-refractivity contribution in [3.63, 3.8) is 0 Å². The number of pyridine rings is 1. The van der Waals surface area contributed by atoms with Crippen molar-refractivity contribution in [3.05, 3.63) is 47.9 Å². The van der Waals surface area contributed by atoms with E-state index in [2.05, 4.69) is 15.6 Å². The van der Waals surface area contributed by atoms with E-state index >= 15 is 0 Å². The Labute approximate surface area is 182 Å². The summed E-state index contributed by atoms with van der Waals surface area (Å²) in [6.07, 6.45) is 1.42. The molecule has 9 nitrogen and oxygen atoms in total. The second kappa shape index (κ2) is 7.10. The molecule has 0 bridgehead atoms. The molecule has 2 unspecified atom stereocenters. The third-order valence-electron chi connectivity index (χ3n) is 6.09. The lowest BCUT2D eigenvalue weighted by Crippen LogP contribution is -2.44. The maximum Gasteiger partial charge on any atom is 0.322 e. The van der Waals surface area contributed by atoms with Crippen LogP contribution < -0.4 is 15.8 Å². The smallest absolute Gasteiger partial charge is 0.322 e. The summed E-state index contributed by atoms with van der Waals surface area (Å²) in [4.78, 5) is 27.7. The topological polar surface area (TPSA) is 144 Å². The molecule has 1 aromatic carbocycles. The van der Waals surface area contributed by atoms with Crippen molar-refractivity contribution in [3.8, 4) is 11.5 Å². The Hall–Kier alpha value is -3.31. The number of fused-ring (bicyclic) bond motifs is 1. The number of nitrogens with two attached hydrogens (primary N) is 1. The van der Waals surface area contributed by atoms with Gasteiger partial charge in [0.1, 0.15) is 21.7 Å². The number of nitrogens with zero attached hydrogens (tertiary/aromatic N) is 1. The molecular formula is C21H19FN4O5S. The number of imide groups is 1. The first-order valence-electron chi connectivity index (χ1n) is 9.99. The van der Waals surface area contributed by atoms with Crippen LogP contribution in [-0.2, 0) is 21.2 Å². The summed E-state index contributed by atoms with van der Waals surface area (Å²) in [5.41, 5.74) is -0.494. The van der Waals surface area contributed by atoms with Crippen molar-refractivity contribution in [2.75, 3.05) is 0 Å². The van der Waals surface area contributed by atoms with Gasteiger partial charge in [-0.05, 0) is 49.8 Å².